The number of hydrogen-bond acceptors (Lipinski definition) is 11. The van der Waals surface area contributed by atoms with Crippen LogP contribution in [0.4, 0.5) is 18.3 Å². The molecule has 7 aromatic rings. The van der Waals surface area contributed by atoms with Gasteiger partial charge in [-0.2, -0.15) is 17.5 Å². The van der Waals surface area contributed by atoms with Gasteiger partial charge >= 0.3 is 6.18 Å². The molecule has 5 aromatic carbocycles. The minimum Gasteiger partial charge on any atom is -0.497 e. The molecular formula is C39H34F3N7O5S2. The fourth-order valence-electron chi connectivity index (χ4n) is 6.32. The molecule has 0 fully saturated rings. The molecule has 2 heterocycles. The highest BCUT2D eigenvalue weighted by Gasteiger charge is 2.43. The summed E-state index contributed by atoms with van der Waals surface area (Å²) >= 11 is 1.19. The van der Waals surface area contributed by atoms with E-state index in [1.54, 1.807) is 91.0 Å². The number of anilines is 1. The maximum absolute atomic E-state index is 15.4. The van der Waals surface area contributed by atoms with Crippen molar-refractivity contribution in [2.75, 3.05) is 27.1 Å². The minimum absolute atomic E-state index is 0.0171. The molecular weight excluding hydrogens is 768 g/mol. The molecule has 0 saturated carbocycles. The van der Waals surface area contributed by atoms with Gasteiger partial charge in [0.05, 0.1) is 43.7 Å². The first-order valence-corrected chi connectivity index (χ1v) is 19.2. The number of hydrogen-bond donors (Lipinski definition) is 1. The number of sulfonamides is 1. The summed E-state index contributed by atoms with van der Waals surface area (Å²) in [5, 5.41) is 12.4. The quantitative estimate of drug-likeness (QED) is 0.123. The average Bonchev–Trinajstić information content (AvgIpc) is 3.82. The summed E-state index contributed by atoms with van der Waals surface area (Å²) in [5.74, 6) is 1.42. The molecule has 2 N–H and O–H groups in total. The zero-order valence-electron chi connectivity index (χ0n) is 30.2. The summed E-state index contributed by atoms with van der Waals surface area (Å²) in [6.45, 7) is -0.612. The second kappa shape index (κ2) is 15.6. The number of rotatable bonds is 13. The Bertz CT molecular complexity index is 2550. The van der Waals surface area contributed by atoms with Crippen molar-refractivity contribution in [3.05, 3.63) is 125 Å². The second-order valence-corrected chi connectivity index (χ2v) is 15.5. The highest BCUT2D eigenvalue weighted by molar-refractivity contribution is 7.89. The summed E-state index contributed by atoms with van der Waals surface area (Å²) in [6, 6.07) is 27.3. The zero-order chi connectivity index (χ0) is 39.6. The second-order valence-electron chi connectivity index (χ2n) is 12.5. The lowest BCUT2D eigenvalue weighted by molar-refractivity contribution is -0.139. The molecule has 7 rings (SSSR count). The average molecular weight is 802 g/mol. The summed E-state index contributed by atoms with van der Waals surface area (Å²) in [6.07, 6.45) is -5.13. The van der Waals surface area contributed by atoms with Crippen LogP contribution in [-0.2, 0) is 35.8 Å². The molecule has 56 heavy (non-hydrogen) atoms. The van der Waals surface area contributed by atoms with Crippen LogP contribution in [0.3, 0.4) is 0 Å². The summed E-state index contributed by atoms with van der Waals surface area (Å²) in [7, 11) is -0.588. The lowest BCUT2D eigenvalue weighted by Crippen LogP contribution is -2.32. The van der Waals surface area contributed by atoms with Crippen molar-refractivity contribution in [1.82, 2.24) is 29.5 Å². The molecule has 0 unspecified atom stereocenters. The van der Waals surface area contributed by atoms with Gasteiger partial charge in [-0.25, -0.2) is 18.1 Å². The minimum atomic E-state index is -5.13. The third-order valence-electron chi connectivity index (χ3n) is 9.07. The summed E-state index contributed by atoms with van der Waals surface area (Å²) in [4.78, 5) is 3.46. The van der Waals surface area contributed by atoms with E-state index in [0.717, 1.165) is 10.4 Å². The number of benzene rings is 5. The molecule has 0 atom stereocenters. The smallest absolute Gasteiger partial charge is 0.417 e. The Balaban J connectivity index is 1.51. The van der Waals surface area contributed by atoms with Gasteiger partial charge in [-0.1, -0.05) is 65.9 Å². The molecule has 17 heteroatoms. The number of methoxy groups -OCH3 is 3. The number of nitrogen functional groups attached to an aromatic ring is 1. The van der Waals surface area contributed by atoms with Gasteiger partial charge in [-0.05, 0) is 81.2 Å². The first kappa shape index (κ1) is 38.2. The van der Waals surface area contributed by atoms with E-state index in [-0.39, 0.29) is 41.7 Å². The number of nitrogens with zero attached hydrogens (tertiary/aromatic N) is 6. The van der Waals surface area contributed by atoms with Gasteiger partial charge < -0.3 is 19.9 Å². The van der Waals surface area contributed by atoms with Crippen LogP contribution < -0.4 is 19.9 Å². The van der Waals surface area contributed by atoms with Gasteiger partial charge in [0.2, 0.25) is 10.0 Å². The van der Waals surface area contributed by atoms with Crippen LogP contribution in [0, 0.1) is 0 Å². The standard InChI is InChI=1S/C39H34F3N7O5S2/c1-52-27-13-7-24(8-14-27)21-48(22-25-9-15-28(53-2)16-10-25)56(50,51)36-32(39(40,41)42)20-19-30(31-5-4-6-33-35(31)44-38(43)55-33)34(36)37-45-46-47-49(37)23-26-11-17-29(54-3)18-12-26/h4-20H,21-23H2,1-3H3,(H2,43,44). The monoisotopic (exact) mass is 801 g/mol. The van der Waals surface area contributed by atoms with Crippen LogP contribution in [0.5, 0.6) is 17.2 Å². The predicted octanol–water partition coefficient (Wildman–Crippen LogP) is 7.68. The number of aromatic nitrogens is 5. The lowest BCUT2D eigenvalue weighted by atomic mass is 9.95. The van der Waals surface area contributed by atoms with Crippen molar-refractivity contribution in [2.45, 2.75) is 30.7 Å². The molecule has 0 saturated heterocycles. The van der Waals surface area contributed by atoms with Gasteiger partial charge in [0.1, 0.15) is 22.1 Å². The normalized spacial score (nSPS) is 12.0. The van der Waals surface area contributed by atoms with Crippen LogP contribution >= 0.6 is 11.3 Å². The van der Waals surface area contributed by atoms with Crippen molar-refractivity contribution in [1.29, 1.82) is 0 Å². The molecule has 0 radical (unpaired) electrons. The number of thiazole rings is 1. The molecule has 0 aliphatic rings. The number of fused-ring (bicyclic) bond motifs is 1. The molecule has 12 nitrogen and oxygen atoms in total. The molecule has 0 bridgehead atoms. The van der Waals surface area contributed by atoms with Crippen LogP contribution in [0.2, 0.25) is 0 Å². The molecule has 0 aliphatic carbocycles. The molecule has 0 aliphatic heterocycles. The summed E-state index contributed by atoms with van der Waals surface area (Å²) < 4.78 is 95.7. The van der Waals surface area contributed by atoms with Crippen molar-refractivity contribution in [3.8, 4) is 39.8 Å². The van der Waals surface area contributed by atoms with E-state index < -0.39 is 26.7 Å². The Morgan fingerprint density at radius 2 is 1.30 bits per heavy atom. The number of alkyl halides is 3. The maximum atomic E-state index is 15.4. The molecule has 0 amide bonds. The van der Waals surface area contributed by atoms with Crippen molar-refractivity contribution in [3.63, 3.8) is 0 Å². The SMILES string of the molecule is COc1ccc(CN(Cc2ccc(OC)cc2)S(=O)(=O)c2c(C(F)(F)F)ccc(-c3cccc4sc(N)nc34)c2-c2nnnn2Cc2ccc(OC)cc2)cc1. The van der Waals surface area contributed by atoms with Crippen molar-refractivity contribution < 1.29 is 35.8 Å². The Hall–Kier alpha value is -6.04. The number of tetrazole rings is 1. The molecule has 2 aromatic heterocycles. The van der Waals surface area contributed by atoms with Crippen molar-refractivity contribution >= 4 is 36.7 Å². The van der Waals surface area contributed by atoms with Gasteiger partial charge in [-0.15, -0.1) is 5.10 Å². The first-order chi connectivity index (χ1) is 26.9. The van der Waals surface area contributed by atoms with Crippen LogP contribution in [-0.4, -0.2) is 59.2 Å². The summed E-state index contributed by atoms with van der Waals surface area (Å²) in [5.41, 5.74) is 6.85. The fourth-order valence-corrected chi connectivity index (χ4v) is 8.90. The molecule has 0 spiro atoms. The Labute approximate surface area is 323 Å². The van der Waals surface area contributed by atoms with E-state index in [2.05, 4.69) is 20.5 Å². The fraction of sp³-hybridized carbons (Fsp3) is 0.179. The number of para-hydroxylation sites is 1. The maximum Gasteiger partial charge on any atom is 0.417 e. The lowest BCUT2D eigenvalue weighted by Gasteiger charge is -2.27. The largest absolute Gasteiger partial charge is 0.497 e. The van der Waals surface area contributed by atoms with Crippen LogP contribution in [0.15, 0.2) is 108 Å². The van der Waals surface area contributed by atoms with Crippen LogP contribution in [0.25, 0.3) is 32.7 Å². The van der Waals surface area contributed by atoms with E-state index in [0.29, 0.717) is 49.7 Å². The van der Waals surface area contributed by atoms with Gasteiger partial charge in [0.15, 0.2) is 11.0 Å². The first-order valence-electron chi connectivity index (χ1n) is 16.9. The van der Waals surface area contributed by atoms with E-state index in [1.165, 1.54) is 43.4 Å². The van der Waals surface area contributed by atoms with Gasteiger partial charge in [0.25, 0.3) is 0 Å². The van der Waals surface area contributed by atoms with E-state index in [4.69, 9.17) is 19.9 Å². The number of nitrogens with two attached hydrogens (primary N) is 1. The number of ether oxygens (including phenoxy) is 3. The topological polar surface area (TPSA) is 148 Å². The highest BCUT2D eigenvalue weighted by Crippen LogP contribution is 2.47. The third-order valence-corrected chi connectivity index (χ3v) is 11.8. The van der Waals surface area contributed by atoms with E-state index >= 15 is 21.6 Å². The zero-order valence-corrected chi connectivity index (χ0v) is 31.8. The highest BCUT2D eigenvalue weighted by atomic mass is 32.2. The van der Waals surface area contributed by atoms with E-state index in [9.17, 15) is 0 Å². The van der Waals surface area contributed by atoms with Gasteiger partial charge in [0, 0.05) is 24.2 Å². The Kier molecular flexibility index (Phi) is 10.7. The van der Waals surface area contributed by atoms with Crippen molar-refractivity contribution in [2.24, 2.45) is 0 Å². The Morgan fingerprint density at radius 1 is 0.750 bits per heavy atom. The Morgan fingerprint density at radius 3 is 1.84 bits per heavy atom. The van der Waals surface area contributed by atoms with Gasteiger partial charge in [-0.3, -0.25) is 0 Å². The number of halogens is 3. The molecule has 288 valence electrons. The third kappa shape index (κ3) is 7.73. The predicted molar refractivity (Wildman–Crippen MR) is 206 cm³/mol. The van der Waals surface area contributed by atoms with E-state index in [1.807, 2.05) is 0 Å². The van der Waals surface area contributed by atoms with Crippen LogP contribution in [0.1, 0.15) is 22.3 Å².